The minimum absolute atomic E-state index is 0.140. The van der Waals surface area contributed by atoms with Gasteiger partial charge in [0.25, 0.3) is 0 Å². The van der Waals surface area contributed by atoms with Gasteiger partial charge >= 0.3 is 12.4 Å². The number of aromatic hydroxyl groups is 1. The van der Waals surface area contributed by atoms with Gasteiger partial charge < -0.3 is 14.7 Å². The molecule has 1 fully saturated rings. The molecule has 1 saturated heterocycles. The van der Waals surface area contributed by atoms with Crippen molar-refractivity contribution < 1.29 is 36.2 Å². The molecule has 0 saturated carbocycles. The number of likely N-dealkylation sites (tertiary alicyclic amines) is 1. The second-order valence-electron chi connectivity index (χ2n) is 9.36. The Balaban J connectivity index is 1.74. The fourth-order valence-electron chi connectivity index (χ4n) is 6.48. The Labute approximate surface area is 186 Å². The first kappa shape index (κ1) is 22.4. The number of methoxy groups -OCH3 is 1. The number of phenolic OH excluding ortho intramolecular Hbond substituents is 1. The van der Waals surface area contributed by atoms with Crippen LogP contribution in [0.2, 0.25) is 0 Å². The molecule has 180 valence electrons. The number of allylic oxidation sites excluding steroid dienone is 1. The molecule has 2 N–H and O–H groups in total. The maximum absolute atomic E-state index is 13.9. The first-order chi connectivity index (χ1) is 15.4. The molecule has 5 nitrogen and oxygen atoms in total. The van der Waals surface area contributed by atoms with E-state index in [2.05, 4.69) is 10.0 Å². The quantitative estimate of drug-likeness (QED) is 0.602. The van der Waals surface area contributed by atoms with Crippen LogP contribution in [0.15, 0.2) is 28.4 Å². The number of rotatable bonds is 1. The summed E-state index contributed by atoms with van der Waals surface area (Å²) in [4.78, 5) is 2.07. The topological polar surface area (TPSA) is 57.1 Å². The van der Waals surface area contributed by atoms with Gasteiger partial charge in [0.15, 0.2) is 23.3 Å². The minimum atomic E-state index is -4.91. The second-order valence-corrected chi connectivity index (χ2v) is 9.36. The van der Waals surface area contributed by atoms with Gasteiger partial charge in [-0.2, -0.15) is 31.4 Å². The van der Waals surface area contributed by atoms with Crippen molar-refractivity contribution in [3.8, 4) is 11.5 Å². The van der Waals surface area contributed by atoms with Gasteiger partial charge in [-0.1, -0.05) is 6.07 Å². The van der Waals surface area contributed by atoms with Gasteiger partial charge in [-0.15, -0.1) is 0 Å². The number of hydrogen-bond acceptors (Lipinski definition) is 5. The fourth-order valence-corrected chi connectivity index (χ4v) is 6.48. The average Bonchev–Trinajstić information content (AvgIpc) is 2.72. The molecule has 1 unspecified atom stereocenters. The highest BCUT2D eigenvalue weighted by molar-refractivity contribution is 6.06. The Morgan fingerprint density at radius 3 is 2.55 bits per heavy atom. The fraction of sp³-hybridized carbons (Fsp3) is 0.591. The zero-order valence-corrected chi connectivity index (χ0v) is 17.9. The van der Waals surface area contributed by atoms with Crippen LogP contribution in [0.4, 0.5) is 26.3 Å². The van der Waals surface area contributed by atoms with E-state index in [4.69, 9.17) is 4.74 Å². The lowest BCUT2D eigenvalue weighted by atomic mass is 9.50. The lowest BCUT2D eigenvalue weighted by Gasteiger charge is -2.59. The SMILES string of the molecule is COc1ccc2c(c1O)[C@]13CCN(C)[C@H](C2)[C@@H]1CC1=C(C3)C(C(F)(F)F)=NNC1C(F)(F)F. The molecule has 0 spiro atoms. The van der Waals surface area contributed by atoms with E-state index in [-0.39, 0.29) is 41.9 Å². The zero-order chi connectivity index (χ0) is 23.9. The molecule has 2 aliphatic carbocycles. The van der Waals surface area contributed by atoms with Crippen LogP contribution < -0.4 is 10.2 Å². The molecule has 1 aromatic carbocycles. The number of ether oxygens (including phenoxy) is 1. The van der Waals surface area contributed by atoms with Crippen molar-refractivity contribution in [3.63, 3.8) is 0 Å². The molecular formula is C22H23F6N3O2. The smallest absolute Gasteiger partial charge is 0.435 e. The van der Waals surface area contributed by atoms with Crippen LogP contribution in [0, 0.1) is 5.92 Å². The van der Waals surface area contributed by atoms with E-state index in [1.165, 1.54) is 7.11 Å². The van der Waals surface area contributed by atoms with E-state index >= 15 is 0 Å². The van der Waals surface area contributed by atoms with Crippen LogP contribution in [-0.4, -0.2) is 60.9 Å². The Hall–Kier alpha value is -2.43. The molecule has 33 heavy (non-hydrogen) atoms. The van der Waals surface area contributed by atoms with Crippen molar-refractivity contribution in [1.29, 1.82) is 0 Å². The monoisotopic (exact) mass is 475 g/mol. The molecule has 0 amide bonds. The molecule has 5 rings (SSSR count). The third-order valence-corrected chi connectivity index (χ3v) is 7.88. The summed E-state index contributed by atoms with van der Waals surface area (Å²) in [6.07, 6.45) is -9.23. The Bertz CT molecular complexity index is 1060. The number of nitrogens with one attached hydrogen (secondary N) is 1. The number of halogens is 6. The summed E-state index contributed by atoms with van der Waals surface area (Å²) in [6.45, 7) is 0.555. The van der Waals surface area contributed by atoms with Gasteiger partial charge in [0.1, 0.15) is 0 Å². The summed E-state index contributed by atoms with van der Waals surface area (Å²) in [6, 6.07) is 0.987. The number of hydrazone groups is 1. The highest BCUT2D eigenvalue weighted by Gasteiger charge is 2.61. The number of phenols is 1. The minimum Gasteiger partial charge on any atom is -0.504 e. The molecule has 2 heterocycles. The number of piperidine rings is 1. The van der Waals surface area contributed by atoms with Crippen molar-refractivity contribution in [2.75, 3.05) is 20.7 Å². The summed E-state index contributed by atoms with van der Waals surface area (Å²) < 4.78 is 88.3. The second kappa shape index (κ2) is 7.04. The number of alkyl halides is 6. The summed E-state index contributed by atoms with van der Waals surface area (Å²) in [7, 11) is 3.27. The maximum Gasteiger partial charge on any atom is 0.435 e. The zero-order valence-electron chi connectivity index (χ0n) is 17.9. The van der Waals surface area contributed by atoms with Crippen LogP contribution in [0.1, 0.15) is 30.4 Å². The van der Waals surface area contributed by atoms with Crippen molar-refractivity contribution in [3.05, 3.63) is 34.4 Å². The lowest BCUT2D eigenvalue weighted by Crippen LogP contribution is -2.62. The van der Waals surface area contributed by atoms with E-state index in [0.717, 1.165) is 5.56 Å². The van der Waals surface area contributed by atoms with Crippen molar-refractivity contribution in [2.45, 2.75) is 55.5 Å². The maximum atomic E-state index is 13.9. The van der Waals surface area contributed by atoms with E-state index < -0.39 is 35.1 Å². The van der Waals surface area contributed by atoms with Crippen LogP contribution in [0.5, 0.6) is 11.5 Å². The van der Waals surface area contributed by atoms with Crippen molar-refractivity contribution in [2.24, 2.45) is 11.0 Å². The van der Waals surface area contributed by atoms with Gasteiger partial charge in [-0.3, -0.25) is 5.43 Å². The molecule has 2 bridgehead atoms. The van der Waals surface area contributed by atoms with Gasteiger partial charge in [-0.05, 0) is 68.0 Å². The van der Waals surface area contributed by atoms with E-state index in [1.807, 2.05) is 7.05 Å². The summed E-state index contributed by atoms with van der Waals surface area (Å²) in [5.74, 6) is -0.333. The number of benzene rings is 1. The standard InChI is InChI=1S/C22H23F6N3O2/c1-31-6-5-20-9-12-11(18(21(23,24)25)29-30-19(12)22(26,27)28)8-13(20)14(31)7-10-3-4-15(33-2)17(32)16(10)20/h3-4,13-14,18,29,32H,5-9H2,1-2H3/t13-,14+,18?,20-/m0/s1. The molecule has 0 aromatic heterocycles. The predicted molar refractivity (Wildman–Crippen MR) is 107 cm³/mol. The third kappa shape index (κ3) is 3.14. The highest BCUT2D eigenvalue weighted by atomic mass is 19.4. The number of likely N-dealkylation sites (N-methyl/N-ethyl adjacent to an activating group) is 1. The van der Waals surface area contributed by atoms with Crippen molar-refractivity contribution >= 4 is 5.71 Å². The van der Waals surface area contributed by atoms with Crippen LogP contribution in [0.3, 0.4) is 0 Å². The molecular weight excluding hydrogens is 452 g/mol. The Morgan fingerprint density at radius 2 is 1.91 bits per heavy atom. The number of fused-ring (bicyclic) bond motifs is 1. The predicted octanol–water partition coefficient (Wildman–Crippen LogP) is 4.06. The van der Waals surface area contributed by atoms with Crippen LogP contribution >= 0.6 is 0 Å². The van der Waals surface area contributed by atoms with E-state index in [1.54, 1.807) is 17.6 Å². The van der Waals surface area contributed by atoms with E-state index in [9.17, 15) is 31.4 Å². The molecule has 4 aliphatic rings. The summed E-state index contributed by atoms with van der Waals surface area (Å²) >= 11 is 0. The van der Waals surface area contributed by atoms with Crippen LogP contribution in [-0.2, 0) is 11.8 Å². The first-order valence-electron chi connectivity index (χ1n) is 10.7. The molecule has 4 atom stereocenters. The third-order valence-electron chi connectivity index (χ3n) is 7.88. The van der Waals surface area contributed by atoms with Gasteiger partial charge in [0.05, 0.1) is 7.11 Å². The van der Waals surface area contributed by atoms with Gasteiger partial charge in [-0.25, -0.2) is 0 Å². The Morgan fingerprint density at radius 1 is 1.18 bits per heavy atom. The summed E-state index contributed by atoms with van der Waals surface area (Å²) in [5.41, 5.74) is 0.0792. The normalized spacial score (nSPS) is 31.8. The molecule has 1 aromatic rings. The first-order valence-corrected chi connectivity index (χ1v) is 10.7. The van der Waals surface area contributed by atoms with Gasteiger partial charge in [0, 0.05) is 17.0 Å². The molecule has 2 aliphatic heterocycles. The highest BCUT2D eigenvalue weighted by Crippen LogP contribution is 2.61. The molecule has 0 radical (unpaired) electrons. The summed E-state index contributed by atoms with van der Waals surface area (Å²) in [5, 5.41) is 14.2. The largest absolute Gasteiger partial charge is 0.504 e. The number of hydrogen-bond donors (Lipinski definition) is 2. The van der Waals surface area contributed by atoms with E-state index in [0.29, 0.717) is 24.9 Å². The molecule has 11 heteroatoms. The van der Waals surface area contributed by atoms with Crippen molar-refractivity contribution in [1.82, 2.24) is 10.3 Å². The Kier molecular flexibility index (Phi) is 4.77. The number of nitrogens with zero attached hydrogens (tertiary/aromatic N) is 2. The van der Waals surface area contributed by atoms with Crippen LogP contribution in [0.25, 0.3) is 0 Å². The lowest BCUT2D eigenvalue weighted by molar-refractivity contribution is -0.150. The van der Waals surface area contributed by atoms with Gasteiger partial charge in [0.2, 0.25) is 0 Å². The average molecular weight is 475 g/mol.